The summed E-state index contributed by atoms with van der Waals surface area (Å²) in [7, 11) is 0. The third kappa shape index (κ3) is 3.11. The Morgan fingerprint density at radius 1 is 1.15 bits per heavy atom. The van der Waals surface area contributed by atoms with Gasteiger partial charge in [0, 0.05) is 16.7 Å². The van der Waals surface area contributed by atoms with E-state index in [1.807, 2.05) is 31.2 Å². The molecule has 0 saturated heterocycles. The highest BCUT2D eigenvalue weighted by atomic mass is 35.5. The van der Waals surface area contributed by atoms with E-state index in [1.165, 1.54) is 0 Å². The molecule has 5 heteroatoms. The fourth-order valence-electron chi connectivity index (χ4n) is 2.81. The lowest BCUT2D eigenvalue weighted by Gasteiger charge is -2.11. The van der Waals surface area contributed by atoms with Crippen LogP contribution in [0.5, 0.6) is 11.5 Å². The van der Waals surface area contributed by atoms with Crippen molar-refractivity contribution in [3.05, 3.63) is 88.0 Å². The van der Waals surface area contributed by atoms with E-state index in [9.17, 15) is 4.79 Å². The number of allylic oxidation sites excluding steroid dienone is 1. The van der Waals surface area contributed by atoms with Gasteiger partial charge in [-0.3, -0.25) is 4.79 Å². The standard InChI is InChI=1S/C21H15ClO4/c1-13-18(25-12-14-4-2-5-15(22)10-14)8-7-17-20(23)19(26-21(13)17)11-16-6-3-9-24-16/h2-11H,12H2,1H3/b19-11-. The van der Waals surface area contributed by atoms with Crippen molar-refractivity contribution in [1.82, 2.24) is 0 Å². The number of Topliss-reactive ketones (excluding diaryl/α,β-unsaturated/α-hetero) is 1. The van der Waals surface area contributed by atoms with Crippen LogP contribution in [0.3, 0.4) is 0 Å². The van der Waals surface area contributed by atoms with Gasteiger partial charge in [-0.05, 0) is 48.9 Å². The molecule has 0 atom stereocenters. The fraction of sp³-hybridized carbons (Fsp3) is 0.0952. The molecule has 130 valence electrons. The van der Waals surface area contributed by atoms with Crippen molar-refractivity contribution in [2.45, 2.75) is 13.5 Å². The number of rotatable bonds is 4. The number of carbonyl (C=O) groups is 1. The molecule has 0 amide bonds. The van der Waals surface area contributed by atoms with E-state index in [4.69, 9.17) is 25.5 Å². The van der Waals surface area contributed by atoms with Gasteiger partial charge in [0.2, 0.25) is 5.78 Å². The number of fused-ring (bicyclic) bond motifs is 1. The summed E-state index contributed by atoms with van der Waals surface area (Å²) in [5.74, 6) is 1.83. The van der Waals surface area contributed by atoms with E-state index in [1.54, 1.807) is 36.6 Å². The zero-order valence-corrected chi connectivity index (χ0v) is 14.7. The van der Waals surface area contributed by atoms with Crippen molar-refractivity contribution in [3.8, 4) is 11.5 Å². The normalized spacial score (nSPS) is 14.4. The molecule has 2 heterocycles. The second-order valence-electron chi connectivity index (χ2n) is 5.94. The largest absolute Gasteiger partial charge is 0.488 e. The summed E-state index contributed by atoms with van der Waals surface area (Å²) in [6, 6.07) is 14.5. The molecule has 0 N–H and O–H groups in total. The number of hydrogen-bond acceptors (Lipinski definition) is 4. The molecule has 1 aliphatic heterocycles. The molecule has 3 aromatic rings. The predicted molar refractivity (Wildman–Crippen MR) is 98.6 cm³/mol. The first-order valence-electron chi connectivity index (χ1n) is 8.10. The molecule has 0 fully saturated rings. The molecule has 0 bridgehead atoms. The number of halogens is 1. The maximum Gasteiger partial charge on any atom is 0.232 e. The van der Waals surface area contributed by atoms with Crippen LogP contribution < -0.4 is 9.47 Å². The molecule has 2 aromatic carbocycles. The number of furan rings is 1. The van der Waals surface area contributed by atoms with Crippen LogP contribution in [0, 0.1) is 6.92 Å². The lowest BCUT2D eigenvalue weighted by Crippen LogP contribution is -1.98. The lowest BCUT2D eigenvalue weighted by atomic mass is 10.1. The fourth-order valence-corrected chi connectivity index (χ4v) is 3.03. The molecule has 0 spiro atoms. The van der Waals surface area contributed by atoms with Crippen molar-refractivity contribution in [1.29, 1.82) is 0 Å². The molecule has 0 aliphatic carbocycles. The van der Waals surface area contributed by atoms with Gasteiger partial charge in [-0.2, -0.15) is 0 Å². The van der Waals surface area contributed by atoms with Gasteiger partial charge < -0.3 is 13.9 Å². The molecule has 4 nitrogen and oxygen atoms in total. The van der Waals surface area contributed by atoms with E-state index < -0.39 is 0 Å². The van der Waals surface area contributed by atoms with E-state index in [-0.39, 0.29) is 11.5 Å². The number of ketones is 1. The lowest BCUT2D eigenvalue weighted by molar-refractivity contribution is 0.101. The van der Waals surface area contributed by atoms with Gasteiger partial charge in [0.25, 0.3) is 0 Å². The molecule has 26 heavy (non-hydrogen) atoms. The van der Waals surface area contributed by atoms with E-state index in [0.29, 0.717) is 34.5 Å². The second kappa shape index (κ2) is 6.73. The number of ether oxygens (including phenoxy) is 2. The van der Waals surface area contributed by atoms with E-state index >= 15 is 0 Å². The molecule has 4 rings (SSSR count). The van der Waals surface area contributed by atoms with Crippen LogP contribution in [0.15, 0.2) is 65.0 Å². The minimum atomic E-state index is -0.166. The van der Waals surface area contributed by atoms with Crippen LogP contribution in [0.25, 0.3) is 6.08 Å². The quantitative estimate of drug-likeness (QED) is 0.577. The topological polar surface area (TPSA) is 48.7 Å². The first-order valence-corrected chi connectivity index (χ1v) is 8.48. The molecule has 0 radical (unpaired) electrons. The van der Waals surface area contributed by atoms with Gasteiger partial charge in [-0.1, -0.05) is 23.7 Å². The Bertz CT molecular complexity index is 1000. The number of benzene rings is 2. The Morgan fingerprint density at radius 3 is 2.81 bits per heavy atom. The molecule has 0 saturated carbocycles. The van der Waals surface area contributed by atoms with Crippen LogP contribution in [-0.2, 0) is 6.61 Å². The molecule has 0 unspecified atom stereocenters. The average molecular weight is 367 g/mol. The highest BCUT2D eigenvalue weighted by molar-refractivity contribution is 6.30. The summed E-state index contributed by atoms with van der Waals surface area (Å²) >= 11 is 6.00. The van der Waals surface area contributed by atoms with Gasteiger partial charge in [0.1, 0.15) is 23.9 Å². The molecular formula is C21H15ClO4. The summed E-state index contributed by atoms with van der Waals surface area (Å²) in [5, 5.41) is 0.665. The summed E-state index contributed by atoms with van der Waals surface area (Å²) in [6.07, 6.45) is 3.14. The summed E-state index contributed by atoms with van der Waals surface area (Å²) in [6.45, 7) is 2.25. The maximum atomic E-state index is 12.5. The van der Waals surface area contributed by atoms with Gasteiger partial charge in [-0.15, -0.1) is 0 Å². The zero-order valence-electron chi connectivity index (χ0n) is 14.0. The third-order valence-electron chi connectivity index (χ3n) is 4.14. The van der Waals surface area contributed by atoms with Crippen LogP contribution in [0.1, 0.15) is 27.2 Å². The smallest absolute Gasteiger partial charge is 0.232 e. The Morgan fingerprint density at radius 2 is 2.04 bits per heavy atom. The number of hydrogen-bond donors (Lipinski definition) is 0. The van der Waals surface area contributed by atoms with Crippen LogP contribution in [-0.4, -0.2) is 5.78 Å². The van der Waals surface area contributed by atoms with Crippen molar-refractivity contribution < 1.29 is 18.7 Å². The SMILES string of the molecule is Cc1c(OCc2cccc(Cl)c2)ccc2c1O/C(=C\c1ccco1)C2=O. The third-order valence-corrected chi connectivity index (χ3v) is 4.37. The minimum absolute atomic E-state index is 0.166. The Balaban J connectivity index is 1.58. The average Bonchev–Trinajstić information content (AvgIpc) is 3.24. The van der Waals surface area contributed by atoms with Crippen LogP contribution in [0.4, 0.5) is 0 Å². The Labute approximate surface area is 155 Å². The summed E-state index contributed by atoms with van der Waals surface area (Å²) in [4.78, 5) is 12.5. The van der Waals surface area contributed by atoms with Crippen molar-refractivity contribution in [2.24, 2.45) is 0 Å². The van der Waals surface area contributed by atoms with Crippen molar-refractivity contribution in [2.75, 3.05) is 0 Å². The maximum absolute atomic E-state index is 12.5. The summed E-state index contributed by atoms with van der Waals surface area (Å²) < 4.78 is 16.9. The minimum Gasteiger partial charge on any atom is -0.488 e. The van der Waals surface area contributed by atoms with Crippen LogP contribution >= 0.6 is 11.6 Å². The van der Waals surface area contributed by atoms with Crippen LogP contribution in [0.2, 0.25) is 5.02 Å². The number of carbonyl (C=O) groups excluding carboxylic acids is 1. The highest BCUT2D eigenvalue weighted by Crippen LogP contribution is 2.39. The first-order chi connectivity index (χ1) is 12.6. The molecule has 1 aliphatic rings. The first kappa shape index (κ1) is 16.5. The monoisotopic (exact) mass is 366 g/mol. The van der Waals surface area contributed by atoms with Crippen molar-refractivity contribution >= 4 is 23.5 Å². The second-order valence-corrected chi connectivity index (χ2v) is 6.38. The molecular weight excluding hydrogens is 352 g/mol. The van der Waals surface area contributed by atoms with Gasteiger partial charge in [0.15, 0.2) is 5.76 Å². The Hall–Kier alpha value is -2.98. The van der Waals surface area contributed by atoms with Gasteiger partial charge >= 0.3 is 0 Å². The van der Waals surface area contributed by atoms with E-state index in [2.05, 4.69) is 0 Å². The predicted octanol–water partition coefficient (Wildman–Crippen LogP) is 5.44. The summed E-state index contributed by atoms with van der Waals surface area (Å²) in [5.41, 5.74) is 2.27. The van der Waals surface area contributed by atoms with Crippen molar-refractivity contribution in [3.63, 3.8) is 0 Å². The Kier molecular flexibility index (Phi) is 4.27. The van der Waals surface area contributed by atoms with E-state index in [0.717, 1.165) is 11.1 Å². The molecule has 1 aromatic heterocycles. The van der Waals surface area contributed by atoms with Gasteiger partial charge in [0.05, 0.1) is 11.8 Å². The zero-order chi connectivity index (χ0) is 18.1. The highest BCUT2D eigenvalue weighted by Gasteiger charge is 2.30. The van der Waals surface area contributed by atoms with Gasteiger partial charge in [-0.25, -0.2) is 0 Å².